The highest BCUT2D eigenvalue weighted by molar-refractivity contribution is 9.10. The van der Waals surface area contributed by atoms with Crippen LogP contribution in [0, 0.1) is 0 Å². The quantitative estimate of drug-likeness (QED) is 0.673. The van der Waals surface area contributed by atoms with Crippen LogP contribution in [0.2, 0.25) is 0 Å². The average Bonchev–Trinajstić information content (AvgIpc) is 2.43. The molecule has 0 aliphatic heterocycles. The fourth-order valence-corrected chi connectivity index (χ4v) is 1.73. The smallest absolute Gasteiger partial charge is 0.272 e. The fraction of sp³-hybridized carbons (Fsp3) is 0. The number of carbonyl (C=O) groups is 1. The van der Waals surface area contributed by atoms with Crippen LogP contribution in [0.15, 0.2) is 52.3 Å². The van der Waals surface area contributed by atoms with Gasteiger partial charge in [0.1, 0.15) is 5.75 Å². The molecule has 1 heterocycles. The SMILES string of the molecule is O=C(N/N=C/c1cc(Br)ccc1O)c1cccnc1. The first-order valence-corrected chi connectivity index (χ1v) is 6.18. The molecule has 1 amide bonds. The van der Waals surface area contributed by atoms with Gasteiger partial charge in [0.05, 0.1) is 11.8 Å². The third-order valence-corrected chi connectivity index (χ3v) is 2.78. The van der Waals surface area contributed by atoms with E-state index in [-0.39, 0.29) is 11.7 Å². The molecular formula is C13H10BrN3O2. The number of halogens is 1. The van der Waals surface area contributed by atoms with Crippen LogP contribution in [0.5, 0.6) is 5.75 Å². The number of hydrogen-bond donors (Lipinski definition) is 2. The van der Waals surface area contributed by atoms with Crippen LogP contribution in [0.3, 0.4) is 0 Å². The van der Waals surface area contributed by atoms with E-state index < -0.39 is 0 Å². The Balaban J connectivity index is 2.04. The van der Waals surface area contributed by atoms with Crippen LogP contribution >= 0.6 is 15.9 Å². The highest BCUT2D eigenvalue weighted by Gasteiger charge is 2.03. The van der Waals surface area contributed by atoms with Gasteiger partial charge in [-0.05, 0) is 30.3 Å². The highest BCUT2D eigenvalue weighted by Crippen LogP contribution is 2.19. The van der Waals surface area contributed by atoms with Crippen LogP contribution in [0.4, 0.5) is 0 Å². The Morgan fingerprint density at radius 1 is 1.42 bits per heavy atom. The second-order valence-electron chi connectivity index (χ2n) is 3.64. The monoisotopic (exact) mass is 319 g/mol. The second-order valence-corrected chi connectivity index (χ2v) is 4.56. The molecule has 0 saturated carbocycles. The van der Waals surface area contributed by atoms with Gasteiger partial charge in [0.2, 0.25) is 0 Å². The maximum atomic E-state index is 11.7. The molecule has 0 radical (unpaired) electrons. The van der Waals surface area contributed by atoms with Gasteiger partial charge in [-0.2, -0.15) is 5.10 Å². The van der Waals surface area contributed by atoms with Crippen molar-refractivity contribution in [3.8, 4) is 5.75 Å². The summed E-state index contributed by atoms with van der Waals surface area (Å²) in [4.78, 5) is 15.5. The molecule has 96 valence electrons. The Kier molecular flexibility index (Phi) is 4.25. The molecule has 2 aromatic rings. The standard InChI is InChI=1S/C13H10BrN3O2/c14-11-3-4-12(18)10(6-11)8-16-17-13(19)9-2-1-5-15-7-9/h1-8,18H,(H,17,19)/b16-8+. The van der Waals surface area contributed by atoms with Crippen LogP contribution in [-0.2, 0) is 0 Å². The lowest BCUT2D eigenvalue weighted by Crippen LogP contribution is -2.17. The number of phenolic OH excluding ortho intramolecular Hbond substituents is 1. The first-order valence-electron chi connectivity index (χ1n) is 5.39. The first kappa shape index (κ1) is 13.2. The number of rotatable bonds is 3. The molecule has 2 N–H and O–H groups in total. The number of nitrogens with one attached hydrogen (secondary N) is 1. The third kappa shape index (κ3) is 3.62. The number of amides is 1. The summed E-state index contributed by atoms with van der Waals surface area (Å²) in [7, 11) is 0. The van der Waals surface area contributed by atoms with E-state index in [1.807, 2.05) is 0 Å². The number of aromatic hydroxyl groups is 1. The van der Waals surface area contributed by atoms with Gasteiger partial charge in [0.15, 0.2) is 0 Å². The Labute approximate surface area is 118 Å². The van der Waals surface area contributed by atoms with Crippen molar-refractivity contribution in [1.29, 1.82) is 0 Å². The minimum Gasteiger partial charge on any atom is -0.507 e. The summed E-state index contributed by atoms with van der Waals surface area (Å²) < 4.78 is 0.810. The molecule has 0 atom stereocenters. The van der Waals surface area contributed by atoms with Crippen LogP contribution in [-0.4, -0.2) is 22.2 Å². The molecule has 1 aromatic carbocycles. The largest absolute Gasteiger partial charge is 0.507 e. The van der Waals surface area contributed by atoms with Gasteiger partial charge in [-0.25, -0.2) is 5.43 Å². The second kappa shape index (κ2) is 6.10. The molecule has 0 bridgehead atoms. The minimum atomic E-state index is -0.362. The first-order chi connectivity index (χ1) is 9.16. The Morgan fingerprint density at radius 2 is 2.26 bits per heavy atom. The van der Waals surface area contributed by atoms with Crippen molar-refractivity contribution in [3.63, 3.8) is 0 Å². The lowest BCUT2D eigenvalue weighted by molar-refractivity contribution is 0.0954. The number of hydrogen-bond acceptors (Lipinski definition) is 4. The van der Waals surface area contributed by atoms with Crippen molar-refractivity contribution in [2.24, 2.45) is 5.10 Å². The van der Waals surface area contributed by atoms with Crippen LogP contribution < -0.4 is 5.43 Å². The predicted octanol–water partition coefficient (Wildman–Crippen LogP) is 2.31. The number of nitrogens with zero attached hydrogens (tertiary/aromatic N) is 2. The van der Waals surface area contributed by atoms with Crippen molar-refractivity contribution >= 4 is 28.1 Å². The van der Waals surface area contributed by atoms with E-state index >= 15 is 0 Å². The van der Waals surface area contributed by atoms with Crippen molar-refractivity contribution < 1.29 is 9.90 Å². The van der Waals surface area contributed by atoms with E-state index in [2.05, 4.69) is 31.4 Å². The summed E-state index contributed by atoms with van der Waals surface area (Å²) in [5.74, 6) is -0.276. The van der Waals surface area contributed by atoms with Crippen molar-refractivity contribution in [1.82, 2.24) is 10.4 Å². The van der Waals surface area contributed by atoms with Crippen molar-refractivity contribution in [2.75, 3.05) is 0 Å². The minimum absolute atomic E-state index is 0.0857. The van der Waals surface area contributed by atoms with E-state index in [0.717, 1.165) is 4.47 Å². The third-order valence-electron chi connectivity index (χ3n) is 2.28. The van der Waals surface area contributed by atoms with Gasteiger partial charge in [0, 0.05) is 22.4 Å². The van der Waals surface area contributed by atoms with E-state index in [1.165, 1.54) is 18.5 Å². The summed E-state index contributed by atoms with van der Waals surface area (Å²) in [6, 6.07) is 8.23. The van der Waals surface area contributed by atoms with Crippen LogP contribution in [0.1, 0.15) is 15.9 Å². The number of carbonyl (C=O) groups excluding carboxylic acids is 1. The molecule has 0 aliphatic rings. The summed E-state index contributed by atoms with van der Waals surface area (Å²) in [6.07, 6.45) is 4.40. The van der Waals surface area contributed by atoms with Crippen molar-refractivity contribution in [2.45, 2.75) is 0 Å². The topological polar surface area (TPSA) is 74.6 Å². The maximum absolute atomic E-state index is 11.7. The summed E-state index contributed by atoms with van der Waals surface area (Å²) in [5, 5.41) is 13.4. The Hall–Kier alpha value is -2.21. The van der Waals surface area contributed by atoms with E-state index in [0.29, 0.717) is 11.1 Å². The molecule has 0 fully saturated rings. The van der Waals surface area contributed by atoms with Gasteiger partial charge in [0.25, 0.3) is 5.91 Å². The van der Waals surface area contributed by atoms with Gasteiger partial charge < -0.3 is 5.11 Å². The lowest BCUT2D eigenvalue weighted by atomic mass is 10.2. The molecule has 2 rings (SSSR count). The summed E-state index contributed by atoms with van der Waals surface area (Å²) in [5.41, 5.74) is 3.27. The summed E-state index contributed by atoms with van der Waals surface area (Å²) >= 11 is 3.29. The zero-order valence-corrected chi connectivity index (χ0v) is 11.3. The molecule has 0 unspecified atom stereocenters. The number of pyridine rings is 1. The highest BCUT2D eigenvalue weighted by atomic mass is 79.9. The molecular weight excluding hydrogens is 310 g/mol. The van der Waals surface area contributed by atoms with Gasteiger partial charge in [-0.1, -0.05) is 15.9 Å². The Bertz CT molecular complexity index is 615. The normalized spacial score (nSPS) is 10.6. The van der Waals surface area contributed by atoms with Gasteiger partial charge in [-0.3, -0.25) is 9.78 Å². The molecule has 5 nitrogen and oxygen atoms in total. The Morgan fingerprint density at radius 3 is 3.00 bits per heavy atom. The van der Waals surface area contributed by atoms with Gasteiger partial charge >= 0.3 is 0 Å². The summed E-state index contributed by atoms with van der Waals surface area (Å²) in [6.45, 7) is 0. The molecule has 6 heteroatoms. The average molecular weight is 320 g/mol. The zero-order chi connectivity index (χ0) is 13.7. The molecule has 0 saturated heterocycles. The maximum Gasteiger partial charge on any atom is 0.272 e. The molecule has 1 aromatic heterocycles. The zero-order valence-electron chi connectivity index (χ0n) is 9.75. The molecule has 19 heavy (non-hydrogen) atoms. The van der Waals surface area contributed by atoms with Crippen LogP contribution in [0.25, 0.3) is 0 Å². The number of phenols is 1. The van der Waals surface area contributed by atoms with E-state index in [9.17, 15) is 9.90 Å². The predicted molar refractivity (Wildman–Crippen MR) is 75.1 cm³/mol. The number of hydrazone groups is 1. The van der Waals surface area contributed by atoms with Crippen molar-refractivity contribution in [3.05, 3.63) is 58.3 Å². The molecule has 0 spiro atoms. The molecule has 0 aliphatic carbocycles. The fourth-order valence-electron chi connectivity index (χ4n) is 1.35. The van der Waals surface area contributed by atoms with E-state index in [1.54, 1.807) is 30.5 Å². The number of aromatic nitrogens is 1. The van der Waals surface area contributed by atoms with Gasteiger partial charge in [-0.15, -0.1) is 0 Å². The lowest BCUT2D eigenvalue weighted by Gasteiger charge is -2.00. The number of benzene rings is 1. The van der Waals surface area contributed by atoms with E-state index in [4.69, 9.17) is 0 Å².